The molecule has 2 aromatic carbocycles. The van der Waals surface area contributed by atoms with Crippen LogP contribution >= 0.6 is 0 Å². The van der Waals surface area contributed by atoms with Crippen LogP contribution in [0.3, 0.4) is 0 Å². The van der Waals surface area contributed by atoms with Crippen molar-refractivity contribution in [1.82, 2.24) is 9.78 Å². The van der Waals surface area contributed by atoms with Crippen molar-refractivity contribution in [3.8, 4) is 22.8 Å². The fourth-order valence-electron chi connectivity index (χ4n) is 2.62. The topological polar surface area (TPSA) is 65.4 Å². The van der Waals surface area contributed by atoms with Gasteiger partial charge in [0.25, 0.3) is 5.91 Å². The SMILES string of the molecule is Cn1nc(C(=O)Nc2ccccc2)cc1-c1ccc2c(c1)OCO2. The van der Waals surface area contributed by atoms with Crippen LogP contribution in [-0.4, -0.2) is 22.5 Å². The van der Waals surface area contributed by atoms with Gasteiger partial charge in [-0.05, 0) is 36.4 Å². The van der Waals surface area contributed by atoms with Crippen LogP contribution in [0.2, 0.25) is 0 Å². The highest BCUT2D eigenvalue weighted by Gasteiger charge is 2.18. The van der Waals surface area contributed by atoms with Crippen molar-refractivity contribution >= 4 is 11.6 Å². The van der Waals surface area contributed by atoms with Gasteiger partial charge in [-0.25, -0.2) is 0 Å². The van der Waals surface area contributed by atoms with Crippen molar-refractivity contribution in [2.45, 2.75) is 0 Å². The Morgan fingerprint density at radius 1 is 1.08 bits per heavy atom. The Balaban J connectivity index is 1.61. The molecule has 24 heavy (non-hydrogen) atoms. The summed E-state index contributed by atoms with van der Waals surface area (Å²) >= 11 is 0. The van der Waals surface area contributed by atoms with Crippen LogP contribution in [0.5, 0.6) is 11.5 Å². The first-order chi connectivity index (χ1) is 11.7. The van der Waals surface area contributed by atoms with E-state index in [1.54, 1.807) is 17.8 Å². The number of hydrogen-bond donors (Lipinski definition) is 1. The Morgan fingerprint density at radius 3 is 2.71 bits per heavy atom. The lowest BCUT2D eigenvalue weighted by atomic mass is 10.1. The fraction of sp³-hybridized carbons (Fsp3) is 0.111. The van der Waals surface area contributed by atoms with Gasteiger partial charge in [0.15, 0.2) is 17.2 Å². The second kappa shape index (κ2) is 5.73. The summed E-state index contributed by atoms with van der Waals surface area (Å²) in [5.74, 6) is 1.18. The van der Waals surface area contributed by atoms with E-state index >= 15 is 0 Å². The number of benzene rings is 2. The van der Waals surface area contributed by atoms with Crippen molar-refractivity contribution in [3.05, 3.63) is 60.3 Å². The largest absolute Gasteiger partial charge is 0.454 e. The molecule has 0 unspecified atom stereocenters. The number of ether oxygens (including phenoxy) is 2. The number of amides is 1. The Labute approximate surface area is 138 Å². The predicted molar refractivity (Wildman–Crippen MR) is 89.2 cm³/mol. The lowest BCUT2D eigenvalue weighted by Crippen LogP contribution is -2.12. The molecule has 0 saturated heterocycles. The van der Waals surface area contributed by atoms with Gasteiger partial charge >= 0.3 is 0 Å². The lowest BCUT2D eigenvalue weighted by Gasteiger charge is -2.03. The minimum Gasteiger partial charge on any atom is -0.454 e. The summed E-state index contributed by atoms with van der Waals surface area (Å²) in [7, 11) is 1.80. The molecule has 0 spiro atoms. The van der Waals surface area contributed by atoms with Gasteiger partial charge in [-0.15, -0.1) is 0 Å². The van der Waals surface area contributed by atoms with Crippen molar-refractivity contribution in [2.24, 2.45) is 7.05 Å². The number of carbonyl (C=O) groups is 1. The molecule has 1 aliphatic heterocycles. The van der Waals surface area contributed by atoms with Gasteiger partial charge in [0.1, 0.15) is 0 Å². The summed E-state index contributed by atoms with van der Waals surface area (Å²) in [6.45, 7) is 0.231. The number of hydrogen-bond acceptors (Lipinski definition) is 4. The van der Waals surface area contributed by atoms with Gasteiger partial charge in [-0.2, -0.15) is 5.10 Å². The highest BCUT2D eigenvalue weighted by Crippen LogP contribution is 2.35. The molecular formula is C18H15N3O3. The number of aromatic nitrogens is 2. The highest BCUT2D eigenvalue weighted by molar-refractivity contribution is 6.03. The lowest BCUT2D eigenvalue weighted by molar-refractivity contribution is 0.102. The molecule has 0 bridgehead atoms. The zero-order chi connectivity index (χ0) is 16.5. The summed E-state index contributed by atoms with van der Waals surface area (Å²) in [5.41, 5.74) is 2.83. The zero-order valence-electron chi connectivity index (χ0n) is 13.0. The second-order valence-electron chi connectivity index (χ2n) is 5.43. The molecular weight excluding hydrogens is 306 g/mol. The van der Waals surface area contributed by atoms with Gasteiger partial charge < -0.3 is 14.8 Å². The van der Waals surface area contributed by atoms with Gasteiger partial charge in [0.2, 0.25) is 6.79 Å². The Morgan fingerprint density at radius 2 is 1.88 bits per heavy atom. The highest BCUT2D eigenvalue weighted by atomic mass is 16.7. The third kappa shape index (κ3) is 2.58. The summed E-state index contributed by atoms with van der Waals surface area (Å²) in [5, 5.41) is 7.14. The maximum atomic E-state index is 12.4. The van der Waals surface area contributed by atoms with Crippen LogP contribution < -0.4 is 14.8 Å². The van der Waals surface area contributed by atoms with Crippen molar-refractivity contribution in [2.75, 3.05) is 12.1 Å². The number of rotatable bonds is 3. The van der Waals surface area contributed by atoms with E-state index in [9.17, 15) is 4.79 Å². The monoisotopic (exact) mass is 321 g/mol. The predicted octanol–water partition coefficient (Wildman–Crippen LogP) is 3.07. The van der Waals surface area contributed by atoms with Crippen LogP contribution in [-0.2, 0) is 7.05 Å². The molecule has 0 fully saturated rings. The molecule has 6 heteroatoms. The molecule has 2 heterocycles. The number of anilines is 1. The van der Waals surface area contributed by atoms with Gasteiger partial charge in [-0.3, -0.25) is 9.48 Å². The fourth-order valence-corrected chi connectivity index (χ4v) is 2.62. The Bertz CT molecular complexity index is 903. The quantitative estimate of drug-likeness (QED) is 0.805. The first kappa shape index (κ1) is 14.3. The van der Waals surface area contributed by atoms with E-state index < -0.39 is 0 Å². The Hall–Kier alpha value is -3.28. The molecule has 120 valence electrons. The van der Waals surface area contributed by atoms with E-state index in [0.29, 0.717) is 11.4 Å². The summed E-state index contributed by atoms with van der Waals surface area (Å²) in [4.78, 5) is 12.4. The van der Waals surface area contributed by atoms with Crippen molar-refractivity contribution < 1.29 is 14.3 Å². The summed E-state index contributed by atoms with van der Waals surface area (Å²) in [6.07, 6.45) is 0. The second-order valence-corrected chi connectivity index (χ2v) is 5.43. The van der Waals surface area contributed by atoms with Crippen LogP contribution in [0.15, 0.2) is 54.6 Å². The Kier molecular flexibility index (Phi) is 3.42. The van der Waals surface area contributed by atoms with E-state index in [1.165, 1.54) is 0 Å². The van der Waals surface area contributed by atoms with E-state index in [1.807, 2.05) is 48.5 Å². The maximum absolute atomic E-state index is 12.4. The third-order valence-corrected chi connectivity index (χ3v) is 3.81. The van der Waals surface area contributed by atoms with Gasteiger partial charge in [0.05, 0.1) is 5.69 Å². The van der Waals surface area contributed by atoms with Gasteiger partial charge in [0, 0.05) is 18.3 Å². The molecule has 0 saturated carbocycles. The first-order valence-electron chi connectivity index (χ1n) is 7.51. The maximum Gasteiger partial charge on any atom is 0.276 e. The van der Waals surface area contributed by atoms with Crippen LogP contribution in [0.4, 0.5) is 5.69 Å². The summed E-state index contributed by atoms with van der Waals surface area (Å²) in [6, 6.07) is 16.7. The molecule has 6 nitrogen and oxygen atoms in total. The molecule has 1 amide bonds. The molecule has 4 rings (SSSR count). The van der Waals surface area contributed by atoms with Crippen LogP contribution in [0, 0.1) is 0 Å². The molecule has 3 aromatic rings. The van der Waals surface area contributed by atoms with Crippen LogP contribution in [0.1, 0.15) is 10.5 Å². The minimum atomic E-state index is -0.246. The van der Waals surface area contributed by atoms with Crippen LogP contribution in [0.25, 0.3) is 11.3 Å². The molecule has 1 aliphatic rings. The number of aryl methyl sites for hydroxylation is 1. The smallest absolute Gasteiger partial charge is 0.276 e. The number of nitrogens with one attached hydrogen (secondary N) is 1. The molecule has 1 N–H and O–H groups in total. The molecule has 0 radical (unpaired) electrons. The molecule has 0 aliphatic carbocycles. The number of nitrogens with zero attached hydrogens (tertiary/aromatic N) is 2. The van der Waals surface area contributed by atoms with E-state index in [0.717, 1.165) is 22.7 Å². The third-order valence-electron chi connectivity index (χ3n) is 3.81. The first-order valence-corrected chi connectivity index (χ1v) is 7.51. The van der Waals surface area contributed by atoms with E-state index in [2.05, 4.69) is 10.4 Å². The van der Waals surface area contributed by atoms with E-state index in [-0.39, 0.29) is 12.7 Å². The minimum absolute atomic E-state index is 0.231. The number of para-hydroxylation sites is 1. The number of carbonyl (C=O) groups excluding carboxylic acids is 1. The van der Waals surface area contributed by atoms with E-state index in [4.69, 9.17) is 9.47 Å². The van der Waals surface area contributed by atoms with Crippen molar-refractivity contribution in [3.63, 3.8) is 0 Å². The van der Waals surface area contributed by atoms with Crippen molar-refractivity contribution in [1.29, 1.82) is 0 Å². The average molecular weight is 321 g/mol. The normalized spacial score (nSPS) is 12.2. The van der Waals surface area contributed by atoms with Gasteiger partial charge in [-0.1, -0.05) is 18.2 Å². The standard InChI is InChI=1S/C18H15N3O3/c1-21-15(12-7-8-16-17(9-12)24-11-23-16)10-14(20-21)18(22)19-13-5-3-2-4-6-13/h2-10H,11H2,1H3,(H,19,22). The zero-order valence-corrected chi connectivity index (χ0v) is 13.0. The summed E-state index contributed by atoms with van der Waals surface area (Å²) < 4.78 is 12.4. The average Bonchev–Trinajstić information content (AvgIpc) is 3.21. The molecule has 1 aromatic heterocycles. The molecule has 0 atom stereocenters. The number of fused-ring (bicyclic) bond motifs is 1.